The second-order valence-electron chi connectivity index (χ2n) is 4.08. The smallest absolute Gasteiger partial charge is 0.335 e. The molecule has 0 aromatic carbocycles. The number of pyridine rings is 1. The summed E-state index contributed by atoms with van der Waals surface area (Å²) in [5, 5.41) is 37.6. The van der Waals surface area contributed by atoms with Crippen LogP contribution in [0.3, 0.4) is 0 Å². The van der Waals surface area contributed by atoms with Crippen LogP contribution in [0.5, 0.6) is 0 Å². The van der Waals surface area contributed by atoms with Gasteiger partial charge in [-0.05, 0) is 0 Å². The normalized spacial score (nSPS) is 34.8. The number of aliphatic hydroxyl groups is 3. The molecule has 1 fully saturated rings. The van der Waals surface area contributed by atoms with Crippen molar-refractivity contribution in [2.75, 3.05) is 0 Å². The largest absolute Gasteiger partial charge is 0.479 e. The number of nitrogens with zero attached hydrogens (tertiary/aromatic N) is 1. The van der Waals surface area contributed by atoms with Gasteiger partial charge in [0.15, 0.2) is 12.2 Å². The van der Waals surface area contributed by atoms with E-state index in [1.165, 1.54) is 17.1 Å². The highest BCUT2D eigenvalue weighted by Crippen LogP contribution is 2.20. The molecule has 1 aromatic rings. The minimum Gasteiger partial charge on any atom is -0.479 e. The molecule has 8 nitrogen and oxygen atoms in total. The van der Waals surface area contributed by atoms with E-state index in [4.69, 9.17) is 14.7 Å². The molecule has 104 valence electrons. The SMILES string of the molecule is O=C(O)[C@@H]1O[C@H](O[n+]2ccccc2)[C@@H](O)[C@H](O)[C@H]1O. The number of carboxylic acid groups (broad SMARTS) is 1. The number of ether oxygens (including phenoxy) is 1. The third-order valence-electron chi connectivity index (χ3n) is 2.73. The van der Waals surface area contributed by atoms with Gasteiger partial charge in [0.05, 0.1) is 0 Å². The molecule has 1 aliphatic heterocycles. The molecule has 4 N–H and O–H groups in total. The molecule has 5 atom stereocenters. The maximum atomic E-state index is 10.9. The Balaban J connectivity index is 2.13. The molecule has 1 aliphatic rings. The average molecular weight is 272 g/mol. The van der Waals surface area contributed by atoms with Crippen LogP contribution in [0.1, 0.15) is 0 Å². The lowest BCUT2D eigenvalue weighted by molar-refractivity contribution is -0.909. The minimum atomic E-state index is -1.73. The van der Waals surface area contributed by atoms with Crippen molar-refractivity contribution in [2.24, 2.45) is 0 Å². The zero-order valence-electron chi connectivity index (χ0n) is 9.73. The van der Waals surface area contributed by atoms with E-state index in [0.717, 1.165) is 0 Å². The van der Waals surface area contributed by atoms with E-state index in [9.17, 15) is 20.1 Å². The summed E-state index contributed by atoms with van der Waals surface area (Å²) < 4.78 is 6.14. The van der Waals surface area contributed by atoms with E-state index in [1.807, 2.05) is 0 Å². The fraction of sp³-hybridized carbons (Fsp3) is 0.455. The lowest BCUT2D eigenvalue weighted by Gasteiger charge is -2.35. The lowest BCUT2D eigenvalue weighted by atomic mass is 9.99. The maximum absolute atomic E-state index is 10.9. The molecule has 0 amide bonds. The van der Waals surface area contributed by atoms with Crippen LogP contribution in [0.15, 0.2) is 30.6 Å². The molecule has 0 aliphatic carbocycles. The number of hydrogen-bond donors (Lipinski definition) is 4. The van der Waals surface area contributed by atoms with Crippen molar-refractivity contribution in [1.82, 2.24) is 0 Å². The summed E-state index contributed by atoms with van der Waals surface area (Å²) in [7, 11) is 0. The van der Waals surface area contributed by atoms with Gasteiger partial charge in [-0.3, -0.25) is 0 Å². The second kappa shape index (κ2) is 5.49. The highest BCUT2D eigenvalue weighted by Gasteiger charge is 2.49. The van der Waals surface area contributed by atoms with Crippen molar-refractivity contribution < 1.29 is 39.5 Å². The van der Waals surface area contributed by atoms with Gasteiger partial charge in [0.2, 0.25) is 12.4 Å². The van der Waals surface area contributed by atoms with E-state index >= 15 is 0 Å². The van der Waals surface area contributed by atoms with E-state index in [-0.39, 0.29) is 0 Å². The Morgan fingerprint density at radius 3 is 2.26 bits per heavy atom. The topological polar surface area (TPSA) is 120 Å². The van der Waals surface area contributed by atoms with Crippen LogP contribution < -0.4 is 9.57 Å². The number of aliphatic hydroxyl groups excluding tert-OH is 3. The van der Waals surface area contributed by atoms with Crippen LogP contribution in [0.25, 0.3) is 0 Å². The lowest BCUT2D eigenvalue weighted by Crippen LogP contribution is -2.65. The average Bonchev–Trinajstić information content (AvgIpc) is 2.40. The quantitative estimate of drug-likeness (QED) is 0.442. The predicted octanol–water partition coefficient (Wildman–Crippen LogP) is -2.71. The minimum absolute atomic E-state index is 1.19. The standard InChI is InChI=1S/C11H13NO7/c13-6-7(14)9(10(16)17)18-11(8(6)15)19-12-4-2-1-3-5-12/h1-9,11,13-15H/p+1/t6-,7-,8+,9-,11-/m1/s1. The number of aliphatic carboxylic acids is 1. The summed E-state index contributed by atoms with van der Waals surface area (Å²) in [6.07, 6.45) is -5.05. The molecule has 1 saturated heterocycles. The van der Waals surface area contributed by atoms with Crippen LogP contribution in [0.2, 0.25) is 0 Å². The van der Waals surface area contributed by atoms with E-state index in [2.05, 4.69) is 0 Å². The van der Waals surface area contributed by atoms with Crippen molar-refractivity contribution in [2.45, 2.75) is 30.7 Å². The molecule has 1 aromatic heterocycles. The first-order valence-electron chi connectivity index (χ1n) is 5.56. The van der Waals surface area contributed by atoms with Gasteiger partial charge in [-0.15, -0.1) is 0 Å². The van der Waals surface area contributed by atoms with Gasteiger partial charge < -0.3 is 25.2 Å². The monoisotopic (exact) mass is 272 g/mol. The molecule has 8 heteroatoms. The first-order valence-corrected chi connectivity index (χ1v) is 5.56. The third-order valence-corrected chi connectivity index (χ3v) is 2.73. The molecule has 0 saturated carbocycles. The predicted molar refractivity (Wildman–Crippen MR) is 57.5 cm³/mol. The van der Waals surface area contributed by atoms with Crippen molar-refractivity contribution in [3.8, 4) is 0 Å². The van der Waals surface area contributed by atoms with Gasteiger partial charge in [-0.25, -0.2) is 9.63 Å². The molecule has 0 spiro atoms. The summed E-state index contributed by atoms with van der Waals surface area (Å²) >= 11 is 0. The Labute approximate surface area is 108 Å². The first-order chi connectivity index (χ1) is 9.00. The van der Waals surface area contributed by atoms with Crippen LogP contribution in [-0.4, -0.2) is 57.1 Å². The van der Waals surface area contributed by atoms with Crippen LogP contribution in [0, 0.1) is 0 Å². The fourth-order valence-corrected chi connectivity index (χ4v) is 1.71. The number of carbonyl (C=O) groups is 1. The van der Waals surface area contributed by atoms with E-state index in [1.54, 1.807) is 18.2 Å². The Bertz CT molecular complexity index is 440. The zero-order chi connectivity index (χ0) is 14.0. The number of aromatic nitrogens is 1. The number of hydrogen-bond acceptors (Lipinski definition) is 6. The summed E-state index contributed by atoms with van der Waals surface area (Å²) in [6, 6.07) is 5.03. The van der Waals surface area contributed by atoms with Crippen molar-refractivity contribution in [1.29, 1.82) is 0 Å². The molecular formula is C11H14NO7+. The second-order valence-corrected chi connectivity index (χ2v) is 4.08. The van der Waals surface area contributed by atoms with E-state index < -0.39 is 36.7 Å². The number of carboxylic acids is 1. The molecular weight excluding hydrogens is 258 g/mol. The molecule has 2 rings (SSSR count). The van der Waals surface area contributed by atoms with Crippen LogP contribution in [-0.2, 0) is 9.53 Å². The van der Waals surface area contributed by atoms with Crippen molar-refractivity contribution in [3.63, 3.8) is 0 Å². The highest BCUT2D eigenvalue weighted by molar-refractivity contribution is 5.73. The summed E-state index contributed by atoms with van der Waals surface area (Å²) in [5.74, 6) is -1.45. The molecule has 0 radical (unpaired) electrons. The van der Waals surface area contributed by atoms with Gasteiger partial charge >= 0.3 is 5.97 Å². The first kappa shape index (κ1) is 13.7. The van der Waals surface area contributed by atoms with Crippen molar-refractivity contribution in [3.05, 3.63) is 30.6 Å². The summed E-state index contributed by atoms with van der Waals surface area (Å²) in [6.45, 7) is 0. The van der Waals surface area contributed by atoms with Gasteiger partial charge in [-0.1, -0.05) is 6.07 Å². The van der Waals surface area contributed by atoms with E-state index in [0.29, 0.717) is 0 Å². The fourth-order valence-electron chi connectivity index (χ4n) is 1.71. The van der Waals surface area contributed by atoms with Gasteiger partial charge in [0.1, 0.15) is 12.2 Å². The summed E-state index contributed by atoms with van der Waals surface area (Å²) in [4.78, 5) is 16.1. The van der Waals surface area contributed by atoms with Crippen LogP contribution in [0.4, 0.5) is 0 Å². The van der Waals surface area contributed by atoms with Crippen molar-refractivity contribution >= 4 is 5.97 Å². The summed E-state index contributed by atoms with van der Waals surface area (Å²) in [5.41, 5.74) is 0. The molecule has 19 heavy (non-hydrogen) atoms. The molecule has 2 heterocycles. The molecule has 0 bridgehead atoms. The Hall–Kier alpha value is -1.74. The van der Waals surface area contributed by atoms with Gasteiger partial charge in [0.25, 0.3) is 6.29 Å². The molecule has 0 unspecified atom stereocenters. The Morgan fingerprint density at radius 2 is 1.68 bits per heavy atom. The van der Waals surface area contributed by atoms with Crippen LogP contribution >= 0.6 is 0 Å². The third kappa shape index (κ3) is 2.82. The maximum Gasteiger partial charge on any atom is 0.335 e. The number of rotatable bonds is 3. The zero-order valence-corrected chi connectivity index (χ0v) is 9.73. The van der Waals surface area contributed by atoms with Gasteiger partial charge in [0, 0.05) is 16.9 Å². The Kier molecular flexibility index (Phi) is 3.96. The Morgan fingerprint density at radius 1 is 1.05 bits per heavy atom. The highest BCUT2D eigenvalue weighted by atomic mass is 16.8. The van der Waals surface area contributed by atoms with Gasteiger partial charge in [-0.2, -0.15) is 0 Å².